The lowest BCUT2D eigenvalue weighted by Crippen LogP contribution is -1.82. The molecule has 0 heteroatoms. The second-order valence-corrected chi connectivity index (χ2v) is 9.63. The van der Waals surface area contributed by atoms with Gasteiger partial charge in [-0.2, -0.15) is 0 Å². The van der Waals surface area contributed by atoms with Gasteiger partial charge in [-0.05, 0) is 92.2 Å². The van der Waals surface area contributed by atoms with Crippen LogP contribution >= 0.6 is 0 Å². The fourth-order valence-electron chi connectivity index (χ4n) is 6.83. The van der Waals surface area contributed by atoms with E-state index in [0.29, 0.717) is 0 Å². The van der Waals surface area contributed by atoms with E-state index in [4.69, 9.17) is 0 Å². The van der Waals surface area contributed by atoms with E-state index in [9.17, 15) is 0 Å². The minimum Gasteiger partial charge on any atom is -0.0616 e. The predicted octanol–water partition coefficient (Wildman–Crippen LogP) is 9.79. The highest BCUT2D eigenvalue weighted by molar-refractivity contribution is 6.51. The molecule has 0 atom stereocenters. The molecule has 0 nitrogen and oxygen atoms in total. The van der Waals surface area contributed by atoms with Gasteiger partial charge in [-0.25, -0.2) is 0 Å². The molecule has 9 aromatic carbocycles. The molecule has 0 aliphatic heterocycles. The largest absolute Gasteiger partial charge is 0.0616 e. The van der Waals surface area contributed by atoms with Crippen molar-refractivity contribution < 1.29 is 0 Å². The zero-order valence-corrected chi connectivity index (χ0v) is 18.4. The van der Waals surface area contributed by atoms with Gasteiger partial charge in [0.15, 0.2) is 0 Å². The van der Waals surface area contributed by atoms with Crippen LogP contribution in [-0.2, 0) is 0 Å². The minimum absolute atomic E-state index is 1.30. The van der Waals surface area contributed by atoms with E-state index in [2.05, 4.69) is 109 Å². The van der Waals surface area contributed by atoms with Crippen LogP contribution in [0.5, 0.6) is 0 Å². The summed E-state index contributed by atoms with van der Waals surface area (Å²) in [6, 6.07) is 40.7. The van der Waals surface area contributed by atoms with E-state index in [0.717, 1.165) is 0 Å². The van der Waals surface area contributed by atoms with E-state index in [1.165, 1.54) is 86.2 Å². The van der Waals surface area contributed by atoms with Crippen molar-refractivity contribution in [2.45, 2.75) is 0 Å². The lowest BCUT2D eigenvalue weighted by molar-refractivity contribution is 1.81. The maximum absolute atomic E-state index is 2.43. The first-order valence-electron chi connectivity index (χ1n) is 12.0. The van der Waals surface area contributed by atoms with Gasteiger partial charge in [0.05, 0.1) is 0 Å². The van der Waals surface area contributed by atoms with Gasteiger partial charge >= 0.3 is 0 Å². The number of rotatable bonds is 0. The molecular formula is C34H18. The number of hydrogen-bond acceptors (Lipinski definition) is 0. The van der Waals surface area contributed by atoms with E-state index in [-0.39, 0.29) is 0 Å². The monoisotopic (exact) mass is 426 g/mol. The molecule has 0 unspecified atom stereocenters. The van der Waals surface area contributed by atoms with E-state index < -0.39 is 0 Å². The maximum atomic E-state index is 2.43. The van der Waals surface area contributed by atoms with Crippen molar-refractivity contribution in [2.75, 3.05) is 0 Å². The molecule has 0 fully saturated rings. The van der Waals surface area contributed by atoms with Gasteiger partial charge in [0.25, 0.3) is 0 Å². The Labute approximate surface area is 195 Å². The molecule has 0 radical (unpaired) electrons. The topological polar surface area (TPSA) is 0 Å². The van der Waals surface area contributed by atoms with Gasteiger partial charge < -0.3 is 0 Å². The van der Waals surface area contributed by atoms with E-state index in [1.54, 1.807) is 0 Å². The standard InChI is InChI=1S/C34H18/c1-3-10-21-19(8-1)16-17-27-29(21)28-18-20-9-2-4-11-22(20)32-33-25-13-6-5-12-23(25)24-14-7-15-26(30(24)33)31(27)34(28)32/h1-18H. The molecule has 154 valence electrons. The normalized spacial score (nSPS) is 12.7. The predicted molar refractivity (Wildman–Crippen MR) is 149 cm³/mol. The average molecular weight is 427 g/mol. The van der Waals surface area contributed by atoms with Gasteiger partial charge in [0, 0.05) is 0 Å². The molecule has 0 saturated carbocycles. The summed E-state index contributed by atoms with van der Waals surface area (Å²) >= 11 is 0. The summed E-state index contributed by atoms with van der Waals surface area (Å²) in [7, 11) is 0. The highest BCUT2D eigenvalue weighted by Crippen LogP contribution is 2.52. The first-order chi connectivity index (χ1) is 16.9. The number of hydrogen-bond donors (Lipinski definition) is 0. The molecule has 0 aliphatic carbocycles. The summed E-state index contributed by atoms with van der Waals surface area (Å²) in [5.41, 5.74) is 0. The quantitative estimate of drug-likeness (QED) is 0.167. The van der Waals surface area contributed by atoms with Gasteiger partial charge in [-0.15, -0.1) is 0 Å². The molecule has 0 spiro atoms. The Morgan fingerprint density at radius 2 is 0.735 bits per heavy atom. The molecular weight excluding hydrogens is 408 g/mol. The minimum atomic E-state index is 1.30. The molecule has 0 heterocycles. The van der Waals surface area contributed by atoms with E-state index in [1.807, 2.05) is 0 Å². The summed E-state index contributed by atoms with van der Waals surface area (Å²) < 4.78 is 0. The Morgan fingerprint density at radius 1 is 0.235 bits per heavy atom. The average Bonchev–Trinajstić information content (AvgIpc) is 3.41. The molecule has 0 aromatic heterocycles. The highest BCUT2D eigenvalue weighted by Gasteiger charge is 2.23. The van der Waals surface area contributed by atoms with Gasteiger partial charge in [0.2, 0.25) is 0 Å². The SMILES string of the molecule is c1ccc2c(c1)ccc1c2c2cc3ccccc3c3c4c5ccccc5c5cccc(c54)c1c23. The zero-order valence-electron chi connectivity index (χ0n) is 18.4. The Morgan fingerprint density at radius 3 is 1.59 bits per heavy atom. The van der Waals surface area contributed by atoms with Crippen LogP contribution in [-0.4, -0.2) is 0 Å². The van der Waals surface area contributed by atoms with Crippen LogP contribution in [0, 0.1) is 0 Å². The summed E-state index contributed by atoms with van der Waals surface area (Å²) in [6.07, 6.45) is 0. The van der Waals surface area contributed by atoms with Crippen LogP contribution < -0.4 is 0 Å². The van der Waals surface area contributed by atoms with Crippen molar-refractivity contribution in [3.05, 3.63) is 109 Å². The van der Waals surface area contributed by atoms with Crippen LogP contribution in [0.2, 0.25) is 0 Å². The fraction of sp³-hybridized carbons (Fsp3) is 0. The Balaban J connectivity index is 1.78. The summed E-state index contributed by atoms with van der Waals surface area (Å²) in [6.45, 7) is 0. The van der Waals surface area contributed by atoms with Crippen molar-refractivity contribution in [3.63, 3.8) is 0 Å². The van der Waals surface area contributed by atoms with Crippen LogP contribution in [0.15, 0.2) is 109 Å². The van der Waals surface area contributed by atoms with E-state index >= 15 is 0 Å². The van der Waals surface area contributed by atoms with Crippen molar-refractivity contribution >= 4 is 86.2 Å². The highest BCUT2D eigenvalue weighted by atomic mass is 14.3. The Hall–Kier alpha value is -4.42. The van der Waals surface area contributed by atoms with Crippen LogP contribution in [0.4, 0.5) is 0 Å². The Bertz CT molecular complexity index is 2270. The van der Waals surface area contributed by atoms with Crippen molar-refractivity contribution in [1.29, 1.82) is 0 Å². The smallest absolute Gasteiger partial charge is 0.000696 e. The Kier molecular flexibility index (Phi) is 2.88. The van der Waals surface area contributed by atoms with Crippen LogP contribution in [0.1, 0.15) is 0 Å². The van der Waals surface area contributed by atoms with Crippen LogP contribution in [0.3, 0.4) is 0 Å². The molecule has 0 bridgehead atoms. The lowest BCUT2D eigenvalue weighted by atomic mass is 9.92. The van der Waals surface area contributed by atoms with Gasteiger partial charge in [0.1, 0.15) is 0 Å². The summed E-state index contributed by atoms with van der Waals surface area (Å²) in [4.78, 5) is 0. The summed E-state index contributed by atoms with van der Waals surface area (Å²) in [5, 5.41) is 22.0. The van der Waals surface area contributed by atoms with Crippen LogP contribution in [0.25, 0.3) is 86.2 Å². The maximum Gasteiger partial charge on any atom is -0.000696 e. The third-order valence-electron chi connectivity index (χ3n) is 8.09. The number of fused-ring (bicyclic) bond motifs is 12. The van der Waals surface area contributed by atoms with Gasteiger partial charge in [-0.1, -0.05) is 103 Å². The molecule has 0 amide bonds. The molecule has 9 rings (SSSR count). The zero-order chi connectivity index (χ0) is 22.0. The molecule has 0 aliphatic rings. The second kappa shape index (κ2) is 5.73. The fourth-order valence-corrected chi connectivity index (χ4v) is 6.83. The third kappa shape index (κ3) is 1.82. The van der Waals surface area contributed by atoms with Gasteiger partial charge in [-0.3, -0.25) is 0 Å². The third-order valence-corrected chi connectivity index (χ3v) is 8.09. The van der Waals surface area contributed by atoms with Crippen molar-refractivity contribution in [1.82, 2.24) is 0 Å². The first-order valence-corrected chi connectivity index (χ1v) is 12.0. The number of benzene rings is 7. The van der Waals surface area contributed by atoms with Crippen molar-refractivity contribution in [3.8, 4) is 0 Å². The second-order valence-electron chi connectivity index (χ2n) is 9.63. The van der Waals surface area contributed by atoms with Crippen molar-refractivity contribution in [2.24, 2.45) is 0 Å². The molecule has 9 aromatic rings. The molecule has 34 heavy (non-hydrogen) atoms. The molecule has 0 N–H and O–H groups in total. The first kappa shape index (κ1) is 17.1. The molecule has 0 saturated heterocycles. The lowest BCUT2D eigenvalue weighted by Gasteiger charge is -2.11. The summed E-state index contributed by atoms with van der Waals surface area (Å²) in [5.74, 6) is 0.